The summed E-state index contributed by atoms with van der Waals surface area (Å²) in [5.41, 5.74) is 11.7. The van der Waals surface area contributed by atoms with Crippen LogP contribution in [0.2, 0.25) is 0 Å². The number of nitrogen functional groups attached to an aromatic ring is 1. The summed E-state index contributed by atoms with van der Waals surface area (Å²) in [5, 5.41) is 11.0. The molecule has 0 saturated carbocycles. The van der Waals surface area contributed by atoms with Crippen LogP contribution < -0.4 is 16.4 Å². The molecule has 1 aliphatic rings. The molecule has 0 saturated heterocycles. The Kier molecular flexibility index (Phi) is 5.10. The lowest BCUT2D eigenvalue weighted by molar-refractivity contribution is 0.402. The quantitative estimate of drug-likeness (QED) is 0.614. The summed E-state index contributed by atoms with van der Waals surface area (Å²) in [6, 6.07) is 16.4. The number of hydrogen-bond acceptors (Lipinski definition) is 6. The number of nitrogens with one attached hydrogen (secondary N) is 2. The second-order valence-electron chi connectivity index (χ2n) is 7.17. The van der Waals surface area contributed by atoms with Gasteiger partial charge in [0.05, 0.1) is 5.69 Å². The Labute approximate surface area is 164 Å². The molecule has 7 heteroatoms. The van der Waals surface area contributed by atoms with Gasteiger partial charge in [0.2, 0.25) is 11.9 Å². The van der Waals surface area contributed by atoms with E-state index < -0.39 is 0 Å². The highest BCUT2D eigenvalue weighted by atomic mass is 15.4. The number of nitrogens with two attached hydrogens (primary N) is 1. The maximum Gasteiger partial charge on any atom is 0.248 e. The predicted octanol–water partition coefficient (Wildman–Crippen LogP) is 2.64. The van der Waals surface area contributed by atoms with E-state index in [4.69, 9.17) is 5.73 Å². The molecule has 28 heavy (non-hydrogen) atoms. The lowest BCUT2D eigenvalue weighted by Crippen LogP contribution is -2.10. The number of anilines is 3. The minimum Gasteiger partial charge on any atom is -0.368 e. The van der Waals surface area contributed by atoms with Crippen molar-refractivity contribution in [3.05, 3.63) is 65.7 Å². The SMILES string of the molecule is CN(C)Cc1ccc(Nc2nc(N)n(-c3ccc(C4=CCNC4)cc3)n2)cc1. The first-order chi connectivity index (χ1) is 13.6. The van der Waals surface area contributed by atoms with E-state index in [2.05, 4.69) is 70.1 Å². The number of aromatic nitrogens is 3. The zero-order valence-corrected chi connectivity index (χ0v) is 16.2. The van der Waals surface area contributed by atoms with E-state index in [-0.39, 0.29) is 0 Å². The van der Waals surface area contributed by atoms with Crippen LogP contribution in [-0.4, -0.2) is 46.8 Å². The fourth-order valence-corrected chi connectivity index (χ4v) is 3.27. The molecule has 1 aromatic heterocycles. The summed E-state index contributed by atoms with van der Waals surface area (Å²) in [7, 11) is 4.11. The molecule has 1 aliphatic heterocycles. The summed E-state index contributed by atoms with van der Waals surface area (Å²) in [6.45, 7) is 2.74. The van der Waals surface area contributed by atoms with Gasteiger partial charge in [-0.2, -0.15) is 9.67 Å². The molecule has 4 rings (SSSR count). The van der Waals surface area contributed by atoms with Gasteiger partial charge in [-0.1, -0.05) is 30.3 Å². The first kappa shape index (κ1) is 18.2. The summed E-state index contributed by atoms with van der Waals surface area (Å²) in [4.78, 5) is 6.48. The average Bonchev–Trinajstić information content (AvgIpc) is 3.33. The normalized spacial score (nSPS) is 13.8. The third-order valence-corrected chi connectivity index (χ3v) is 4.63. The van der Waals surface area contributed by atoms with E-state index in [1.165, 1.54) is 16.7 Å². The van der Waals surface area contributed by atoms with Gasteiger partial charge in [-0.3, -0.25) is 0 Å². The minimum absolute atomic E-state index is 0.348. The highest BCUT2D eigenvalue weighted by molar-refractivity contribution is 5.69. The molecule has 4 N–H and O–H groups in total. The molecule has 7 nitrogen and oxygen atoms in total. The molecule has 0 fully saturated rings. The van der Waals surface area contributed by atoms with Gasteiger partial charge in [-0.15, -0.1) is 5.10 Å². The Morgan fingerprint density at radius 3 is 2.50 bits per heavy atom. The van der Waals surface area contributed by atoms with Crippen molar-refractivity contribution >= 4 is 23.2 Å². The molecule has 0 radical (unpaired) electrons. The second kappa shape index (κ2) is 7.84. The molecule has 2 heterocycles. The van der Waals surface area contributed by atoms with Gasteiger partial charge in [0.25, 0.3) is 0 Å². The Morgan fingerprint density at radius 2 is 1.86 bits per heavy atom. The van der Waals surface area contributed by atoms with Gasteiger partial charge in [0, 0.05) is 25.3 Å². The fourth-order valence-electron chi connectivity index (χ4n) is 3.27. The minimum atomic E-state index is 0.348. The van der Waals surface area contributed by atoms with E-state index in [1.54, 1.807) is 4.68 Å². The molecule has 2 aromatic carbocycles. The van der Waals surface area contributed by atoms with Crippen molar-refractivity contribution in [3.63, 3.8) is 0 Å². The Morgan fingerprint density at radius 1 is 1.11 bits per heavy atom. The second-order valence-corrected chi connectivity index (χ2v) is 7.17. The Bertz CT molecular complexity index is 969. The van der Waals surface area contributed by atoms with Crippen LogP contribution in [0.4, 0.5) is 17.6 Å². The summed E-state index contributed by atoms with van der Waals surface area (Å²) in [6.07, 6.45) is 2.21. The van der Waals surface area contributed by atoms with E-state index >= 15 is 0 Å². The smallest absolute Gasteiger partial charge is 0.248 e. The zero-order chi connectivity index (χ0) is 19.5. The first-order valence-electron chi connectivity index (χ1n) is 9.32. The van der Waals surface area contributed by atoms with Crippen LogP contribution in [0.3, 0.4) is 0 Å². The number of nitrogens with zero attached hydrogens (tertiary/aromatic N) is 4. The van der Waals surface area contributed by atoms with Crippen LogP contribution >= 0.6 is 0 Å². The summed E-state index contributed by atoms with van der Waals surface area (Å²) < 4.78 is 1.65. The van der Waals surface area contributed by atoms with Crippen LogP contribution in [-0.2, 0) is 6.54 Å². The Balaban J connectivity index is 1.49. The highest BCUT2D eigenvalue weighted by Gasteiger charge is 2.11. The van der Waals surface area contributed by atoms with Crippen LogP contribution in [0.1, 0.15) is 11.1 Å². The van der Waals surface area contributed by atoms with Gasteiger partial charge in [-0.05, 0) is 55.1 Å². The van der Waals surface area contributed by atoms with Gasteiger partial charge >= 0.3 is 0 Å². The van der Waals surface area contributed by atoms with Crippen LogP contribution in [0.15, 0.2) is 54.6 Å². The fraction of sp³-hybridized carbons (Fsp3) is 0.238. The number of hydrogen-bond donors (Lipinski definition) is 3. The number of benzene rings is 2. The third-order valence-electron chi connectivity index (χ3n) is 4.63. The lowest BCUT2D eigenvalue weighted by Gasteiger charge is -2.10. The van der Waals surface area contributed by atoms with Gasteiger partial charge in [0.1, 0.15) is 0 Å². The zero-order valence-electron chi connectivity index (χ0n) is 16.2. The van der Waals surface area contributed by atoms with E-state index in [0.29, 0.717) is 11.9 Å². The van der Waals surface area contributed by atoms with E-state index in [0.717, 1.165) is 31.0 Å². The average molecular weight is 375 g/mol. The maximum absolute atomic E-state index is 6.09. The molecule has 3 aromatic rings. The molecular formula is C21H25N7. The molecule has 0 atom stereocenters. The van der Waals surface area contributed by atoms with E-state index in [9.17, 15) is 0 Å². The molecule has 0 unspecified atom stereocenters. The van der Waals surface area contributed by atoms with Crippen LogP contribution in [0, 0.1) is 0 Å². The molecule has 0 spiro atoms. The number of rotatable bonds is 6. The van der Waals surface area contributed by atoms with Crippen LogP contribution in [0.25, 0.3) is 11.3 Å². The van der Waals surface area contributed by atoms with Crippen molar-refractivity contribution < 1.29 is 0 Å². The molecule has 144 valence electrons. The van der Waals surface area contributed by atoms with Gasteiger partial charge in [0.15, 0.2) is 0 Å². The van der Waals surface area contributed by atoms with Gasteiger partial charge < -0.3 is 21.3 Å². The van der Waals surface area contributed by atoms with Gasteiger partial charge in [-0.25, -0.2) is 0 Å². The lowest BCUT2D eigenvalue weighted by atomic mass is 10.1. The topological polar surface area (TPSA) is 84.0 Å². The molecule has 0 bridgehead atoms. The highest BCUT2D eigenvalue weighted by Crippen LogP contribution is 2.21. The molecule has 0 aliphatic carbocycles. The van der Waals surface area contributed by atoms with Crippen LogP contribution in [0.5, 0.6) is 0 Å². The Hall–Kier alpha value is -3.16. The van der Waals surface area contributed by atoms with Crippen molar-refractivity contribution in [3.8, 4) is 5.69 Å². The molecule has 0 amide bonds. The largest absolute Gasteiger partial charge is 0.368 e. The van der Waals surface area contributed by atoms with Crippen molar-refractivity contribution in [1.29, 1.82) is 0 Å². The first-order valence-corrected chi connectivity index (χ1v) is 9.32. The van der Waals surface area contributed by atoms with Crippen molar-refractivity contribution in [2.75, 3.05) is 38.2 Å². The third kappa shape index (κ3) is 4.05. The van der Waals surface area contributed by atoms with E-state index in [1.807, 2.05) is 24.3 Å². The summed E-state index contributed by atoms with van der Waals surface area (Å²) >= 11 is 0. The standard InChI is InChI=1S/C21H25N7/c1-27(2)14-15-3-7-18(8-4-15)24-21-25-20(22)28(26-21)19-9-5-16(6-10-19)17-11-12-23-13-17/h3-11,23H,12-14H2,1-2H3,(H3,22,24,25,26). The van der Waals surface area contributed by atoms with Crippen molar-refractivity contribution in [1.82, 2.24) is 25.0 Å². The monoisotopic (exact) mass is 375 g/mol. The van der Waals surface area contributed by atoms with Crippen molar-refractivity contribution in [2.24, 2.45) is 0 Å². The van der Waals surface area contributed by atoms with Crippen molar-refractivity contribution in [2.45, 2.75) is 6.54 Å². The maximum atomic E-state index is 6.09. The summed E-state index contributed by atoms with van der Waals surface area (Å²) in [5.74, 6) is 0.825. The predicted molar refractivity (Wildman–Crippen MR) is 114 cm³/mol. The molecular weight excluding hydrogens is 350 g/mol.